The first kappa shape index (κ1) is 23.1. The monoisotopic (exact) mass is 500 g/mol. The molecule has 9 heteroatoms. The van der Waals surface area contributed by atoms with Crippen molar-refractivity contribution in [3.05, 3.63) is 67.7 Å². The van der Waals surface area contributed by atoms with Gasteiger partial charge >= 0.3 is 5.97 Å². The summed E-state index contributed by atoms with van der Waals surface area (Å²) in [5.74, 6) is -0.295. The number of nitrogens with one attached hydrogen (secondary N) is 1. The number of carbonyl (C=O) groups excluding carboxylic acids is 2. The summed E-state index contributed by atoms with van der Waals surface area (Å²) in [4.78, 5) is 26.3. The van der Waals surface area contributed by atoms with Gasteiger partial charge < -0.3 is 14.5 Å². The zero-order valence-corrected chi connectivity index (χ0v) is 19.9. The molecule has 0 fully saturated rings. The van der Waals surface area contributed by atoms with Gasteiger partial charge in [0.05, 0.1) is 22.7 Å². The molecular formula is C24H18Cl2N2O4S. The maximum Gasteiger partial charge on any atom is 0.341 e. The van der Waals surface area contributed by atoms with Gasteiger partial charge in [0.2, 0.25) is 0 Å². The second-order valence-corrected chi connectivity index (χ2v) is 9.28. The Bertz CT molecular complexity index is 1320. The summed E-state index contributed by atoms with van der Waals surface area (Å²) < 4.78 is 10.7. The highest BCUT2D eigenvalue weighted by atomic mass is 35.5. The predicted octanol–water partition coefficient (Wildman–Crippen LogP) is 6.53. The number of halogens is 2. The number of esters is 1. The van der Waals surface area contributed by atoms with Crippen LogP contribution in [-0.2, 0) is 22.4 Å². The first-order valence-electron chi connectivity index (χ1n) is 10.1. The standard InChI is InChI=1S/C24H18Cl2N2O4S/c1-31-24(30)21-16-4-2-3-5-20(16)33-23(21)28-22(29)14(12-27)10-15-7-9-19(32-15)13-6-8-17(25)18(26)11-13/h6-11H,2-5H2,1H3,(H,28,29). The molecule has 0 atom stereocenters. The first-order chi connectivity index (χ1) is 15.9. The van der Waals surface area contributed by atoms with E-state index in [-0.39, 0.29) is 5.57 Å². The third kappa shape index (κ3) is 4.83. The van der Waals surface area contributed by atoms with Crippen LogP contribution in [0.25, 0.3) is 17.4 Å². The molecule has 0 spiro atoms. The van der Waals surface area contributed by atoms with Crippen molar-refractivity contribution in [3.63, 3.8) is 0 Å². The summed E-state index contributed by atoms with van der Waals surface area (Å²) in [7, 11) is 1.31. The lowest BCUT2D eigenvalue weighted by molar-refractivity contribution is -0.112. The summed E-state index contributed by atoms with van der Waals surface area (Å²) >= 11 is 13.4. The molecule has 3 aromatic rings. The predicted molar refractivity (Wildman–Crippen MR) is 129 cm³/mol. The Kier molecular flexibility index (Phi) is 6.89. The van der Waals surface area contributed by atoms with E-state index in [4.69, 9.17) is 32.4 Å². The van der Waals surface area contributed by atoms with Gasteiger partial charge in [-0.2, -0.15) is 5.26 Å². The largest absolute Gasteiger partial charge is 0.465 e. The zero-order valence-electron chi connectivity index (χ0n) is 17.5. The van der Waals surface area contributed by atoms with Crippen LogP contribution in [0.15, 0.2) is 40.3 Å². The Hall–Kier alpha value is -3.05. The van der Waals surface area contributed by atoms with E-state index in [1.54, 1.807) is 30.3 Å². The topological polar surface area (TPSA) is 92.3 Å². The molecule has 1 N–H and O–H groups in total. The van der Waals surface area contributed by atoms with Crippen LogP contribution in [0.4, 0.5) is 5.00 Å². The lowest BCUT2D eigenvalue weighted by atomic mass is 9.95. The molecule has 0 bridgehead atoms. The first-order valence-corrected chi connectivity index (χ1v) is 11.7. The summed E-state index contributed by atoms with van der Waals surface area (Å²) in [6, 6.07) is 10.3. The molecule has 2 aromatic heterocycles. The molecule has 1 aliphatic rings. The van der Waals surface area contributed by atoms with Gasteiger partial charge in [-0.3, -0.25) is 4.79 Å². The van der Waals surface area contributed by atoms with Gasteiger partial charge in [0.1, 0.15) is 28.2 Å². The van der Waals surface area contributed by atoms with Gasteiger partial charge in [-0.25, -0.2) is 4.79 Å². The number of hydrogen-bond donors (Lipinski definition) is 1. The van der Waals surface area contributed by atoms with Gasteiger partial charge in [0.25, 0.3) is 5.91 Å². The molecular weight excluding hydrogens is 483 g/mol. The minimum absolute atomic E-state index is 0.160. The van der Waals surface area contributed by atoms with E-state index in [1.807, 2.05) is 6.07 Å². The fraction of sp³-hybridized carbons (Fsp3) is 0.208. The van der Waals surface area contributed by atoms with Crippen molar-refractivity contribution >= 4 is 57.5 Å². The highest BCUT2D eigenvalue weighted by molar-refractivity contribution is 7.17. The number of nitriles is 1. The molecule has 33 heavy (non-hydrogen) atoms. The Morgan fingerprint density at radius 3 is 2.70 bits per heavy atom. The fourth-order valence-electron chi connectivity index (χ4n) is 3.67. The number of hydrogen-bond acceptors (Lipinski definition) is 6. The number of furan rings is 1. The van der Waals surface area contributed by atoms with Crippen molar-refractivity contribution in [3.8, 4) is 17.4 Å². The van der Waals surface area contributed by atoms with E-state index in [0.29, 0.717) is 37.7 Å². The number of amides is 1. The van der Waals surface area contributed by atoms with E-state index in [9.17, 15) is 14.9 Å². The summed E-state index contributed by atoms with van der Waals surface area (Å²) in [6.07, 6.45) is 4.97. The Labute approximate surface area is 204 Å². The van der Waals surface area contributed by atoms with Crippen LogP contribution >= 0.6 is 34.5 Å². The zero-order chi connectivity index (χ0) is 23.5. The lowest BCUT2D eigenvalue weighted by Gasteiger charge is -2.11. The van der Waals surface area contributed by atoms with Crippen molar-refractivity contribution in [2.24, 2.45) is 0 Å². The average Bonchev–Trinajstić information content (AvgIpc) is 3.43. The summed E-state index contributed by atoms with van der Waals surface area (Å²) in [5, 5.41) is 13.5. The molecule has 0 saturated carbocycles. The van der Waals surface area contributed by atoms with Crippen LogP contribution in [0.2, 0.25) is 10.0 Å². The number of benzene rings is 1. The van der Waals surface area contributed by atoms with Crippen LogP contribution in [0.5, 0.6) is 0 Å². The quantitative estimate of drug-likeness (QED) is 0.244. The normalized spacial score (nSPS) is 13.2. The van der Waals surface area contributed by atoms with E-state index in [0.717, 1.165) is 36.1 Å². The van der Waals surface area contributed by atoms with Crippen molar-refractivity contribution in [2.75, 3.05) is 12.4 Å². The lowest BCUT2D eigenvalue weighted by Crippen LogP contribution is -2.16. The molecule has 0 unspecified atom stereocenters. The molecule has 4 rings (SSSR count). The number of nitrogens with zero attached hydrogens (tertiary/aromatic N) is 1. The summed E-state index contributed by atoms with van der Waals surface area (Å²) in [6.45, 7) is 0. The maximum atomic E-state index is 12.9. The minimum atomic E-state index is -0.631. The molecule has 2 heterocycles. The fourth-order valence-corrected chi connectivity index (χ4v) is 5.24. The Morgan fingerprint density at radius 1 is 1.18 bits per heavy atom. The number of methoxy groups -OCH3 is 1. The third-order valence-electron chi connectivity index (χ3n) is 5.27. The number of anilines is 1. The van der Waals surface area contributed by atoms with Gasteiger partial charge in [-0.15, -0.1) is 11.3 Å². The number of fused-ring (bicyclic) bond motifs is 1. The molecule has 1 amide bonds. The second-order valence-electron chi connectivity index (χ2n) is 7.36. The van der Waals surface area contributed by atoms with E-state index < -0.39 is 11.9 Å². The van der Waals surface area contributed by atoms with Crippen LogP contribution in [0, 0.1) is 11.3 Å². The third-order valence-corrected chi connectivity index (χ3v) is 7.22. The van der Waals surface area contributed by atoms with Crippen LogP contribution in [0.1, 0.15) is 39.4 Å². The molecule has 0 saturated heterocycles. The van der Waals surface area contributed by atoms with Crippen molar-refractivity contribution < 1.29 is 18.7 Å². The number of aryl methyl sites for hydroxylation is 1. The van der Waals surface area contributed by atoms with Crippen molar-refractivity contribution in [1.82, 2.24) is 0 Å². The highest BCUT2D eigenvalue weighted by Crippen LogP contribution is 2.39. The van der Waals surface area contributed by atoms with Crippen LogP contribution in [-0.4, -0.2) is 19.0 Å². The number of thiophene rings is 1. The number of carbonyl (C=O) groups is 2. The molecule has 6 nitrogen and oxygen atoms in total. The van der Waals surface area contributed by atoms with Crippen molar-refractivity contribution in [2.45, 2.75) is 25.7 Å². The summed E-state index contributed by atoms with van der Waals surface area (Å²) in [5.41, 5.74) is 1.85. The van der Waals surface area contributed by atoms with E-state index >= 15 is 0 Å². The SMILES string of the molecule is COC(=O)c1c(NC(=O)C(C#N)=Cc2ccc(-c3ccc(Cl)c(Cl)c3)o2)sc2c1CCCC2. The molecule has 0 aliphatic heterocycles. The Balaban J connectivity index is 1.59. The number of ether oxygens (including phenoxy) is 1. The smallest absolute Gasteiger partial charge is 0.341 e. The maximum absolute atomic E-state index is 12.9. The number of rotatable bonds is 5. The molecule has 0 radical (unpaired) electrons. The van der Waals surface area contributed by atoms with Gasteiger partial charge in [0, 0.05) is 16.5 Å². The van der Waals surface area contributed by atoms with E-state index in [1.165, 1.54) is 24.5 Å². The van der Waals surface area contributed by atoms with Gasteiger partial charge in [-0.1, -0.05) is 23.2 Å². The van der Waals surface area contributed by atoms with Crippen molar-refractivity contribution in [1.29, 1.82) is 5.26 Å². The van der Waals surface area contributed by atoms with Gasteiger partial charge in [0.15, 0.2) is 0 Å². The highest BCUT2D eigenvalue weighted by Gasteiger charge is 2.27. The molecule has 168 valence electrons. The molecule has 1 aromatic carbocycles. The van der Waals surface area contributed by atoms with Gasteiger partial charge in [-0.05, 0) is 61.6 Å². The minimum Gasteiger partial charge on any atom is -0.465 e. The van der Waals surface area contributed by atoms with Crippen LogP contribution < -0.4 is 5.32 Å². The average molecular weight is 501 g/mol. The Morgan fingerprint density at radius 2 is 1.97 bits per heavy atom. The molecule has 1 aliphatic carbocycles. The van der Waals surface area contributed by atoms with Crippen LogP contribution in [0.3, 0.4) is 0 Å². The second kappa shape index (κ2) is 9.84. The van der Waals surface area contributed by atoms with E-state index in [2.05, 4.69) is 5.32 Å².